The Hall–Kier alpha value is -2.55. The predicted octanol–water partition coefficient (Wildman–Crippen LogP) is 4.53. The third kappa shape index (κ3) is 2.95. The number of carbonyl (C=O) groups excluding carboxylic acids is 1. The molecule has 4 rings (SSSR count). The van der Waals surface area contributed by atoms with Gasteiger partial charge in [-0.25, -0.2) is 0 Å². The van der Waals surface area contributed by atoms with Gasteiger partial charge < -0.3 is 9.88 Å². The summed E-state index contributed by atoms with van der Waals surface area (Å²) in [5, 5.41) is 1.30. The minimum absolute atomic E-state index is 0.143. The topological polar surface area (TPSA) is 36.1 Å². The van der Waals surface area contributed by atoms with Crippen molar-refractivity contribution in [2.45, 2.75) is 32.6 Å². The molecule has 1 N–H and O–H groups in total. The van der Waals surface area contributed by atoms with E-state index in [2.05, 4.69) is 55.2 Å². The first-order chi connectivity index (χ1) is 12.1. The molecule has 3 heteroatoms. The van der Waals surface area contributed by atoms with Crippen LogP contribution in [0.3, 0.4) is 0 Å². The van der Waals surface area contributed by atoms with Crippen LogP contribution >= 0.6 is 0 Å². The van der Waals surface area contributed by atoms with Crippen molar-refractivity contribution >= 4 is 16.8 Å². The Morgan fingerprint density at radius 3 is 2.48 bits per heavy atom. The van der Waals surface area contributed by atoms with Gasteiger partial charge in [0, 0.05) is 41.7 Å². The van der Waals surface area contributed by atoms with Crippen molar-refractivity contribution in [2.24, 2.45) is 0 Å². The van der Waals surface area contributed by atoms with Gasteiger partial charge >= 0.3 is 0 Å². The van der Waals surface area contributed by atoms with Crippen LogP contribution in [0.25, 0.3) is 10.9 Å². The molecule has 0 saturated carbocycles. The first-order valence-electron chi connectivity index (χ1n) is 9.11. The molecule has 0 spiro atoms. The number of aromatic amines is 1. The highest BCUT2D eigenvalue weighted by Crippen LogP contribution is 2.26. The van der Waals surface area contributed by atoms with Gasteiger partial charge in [-0.2, -0.15) is 0 Å². The minimum atomic E-state index is 0.143. The number of rotatable bonds is 2. The Labute approximate surface area is 148 Å². The number of hydrogen-bond acceptors (Lipinski definition) is 1. The number of nitrogens with one attached hydrogen (secondary N) is 1. The highest BCUT2D eigenvalue weighted by atomic mass is 16.2. The summed E-state index contributed by atoms with van der Waals surface area (Å²) in [4.78, 5) is 18.4. The van der Waals surface area contributed by atoms with Crippen molar-refractivity contribution in [2.75, 3.05) is 13.1 Å². The van der Waals surface area contributed by atoms with Crippen molar-refractivity contribution in [3.8, 4) is 0 Å². The summed E-state index contributed by atoms with van der Waals surface area (Å²) in [6, 6.07) is 16.5. The van der Waals surface area contributed by atoms with Crippen LogP contribution in [0.2, 0.25) is 0 Å². The highest BCUT2D eigenvalue weighted by molar-refractivity contribution is 5.94. The van der Waals surface area contributed by atoms with Gasteiger partial charge in [0.2, 0.25) is 0 Å². The van der Waals surface area contributed by atoms with Gasteiger partial charge in [-0.15, -0.1) is 0 Å². The van der Waals surface area contributed by atoms with E-state index in [9.17, 15) is 4.79 Å². The van der Waals surface area contributed by atoms with E-state index < -0.39 is 0 Å². The van der Waals surface area contributed by atoms with E-state index in [1.807, 2.05) is 17.0 Å². The average molecular weight is 332 g/mol. The molecule has 1 amide bonds. The molecule has 1 aliphatic rings. The van der Waals surface area contributed by atoms with Gasteiger partial charge in [-0.05, 0) is 41.7 Å². The smallest absolute Gasteiger partial charge is 0.253 e. The van der Waals surface area contributed by atoms with Gasteiger partial charge in [0.1, 0.15) is 0 Å². The molecule has 0 saturated heterocycles. The van der Waals surface area contributed by atoms with Crippen LogP contribution in [0.5, 0.6) is 0 Å². The molecule has 2 aromatic carbocycles. The fraction of sp³-hybridized carbons (Fsp3) is 0.318. The molecule has 1 aliphatic heterocycles. The minimum Gasteiger partial charge on any atom is -0.358 e. The molecular formula is C22H24N2O. The number of carbonyl (C=O) groups is 1. The van der Waals surface area contributed by atoms with Gasteiger partial charge in [-0.3, -0.25) is 4.79 Å². The SMILES string of the molecule is CC(C)c1ccc(C(=O)N2CCc3[nH]c4ccccc4c3CC2)cc1. The number of aromatic nitrogens is 1. The van der Waals surface area contributed by atoms with Crippen molar-refractivity contribution in [3.05, 3.63) is 70.9 Å². The summed E-state index contributed by atoms with van der Waals surface area (Å²) < 4.78 is 0. The number of fused-ring (bicyclic) bond motifs is 3. The Balaban J connectivity index is 1.54. The molecule has 0 unspecified atom stereocenters. The Kier molecular flexibility index (Phi) is 4.08. The van der Waals surface area contributed by atoms with E-state index in [-0.39, 0.29) is 5.91 Å². The molecule has 0 aliphatic carbocycles. The Bertz CT molecular complexity index is 905. The van der Waals surface area contributed by atoms with Crippen molar-refractivity contribution in [1.82, 2.24) is 9.88 Å². The molecule has 3 aromatic rings. The Morgan fingerprint density at radius 1 is 1.00 bits per heavy atom. The molecule has 1 aromatic heterocycles. The van der Waals surface area contributed by atoms with E-state index in [4.69, 9.17) is 0 Å². The predicted molar refractivity (Wildman–Crippen MR) is 102 cm³/mol. The maximum atomic E-state index is 12.9. The van der Waals surface area contributed by atoms with Crippen molar-refractivity contribution in [1.29, 1.82) is 0 Å². The highest BCUT2D eigenvalue weighted by Gasteiger charge is 2.22. The molecular weight excluding hydrogens is 308 g/mol. The molecule has 3 nitrogen and oxygen atoms in total. The summed E-state index contributed by atoms with van der Waals surface area (Å²) in [5.41, 5.74) is 5.93. The standard InChI is InChI=1S/C22H24N2O/c1-15(2)16-7-9-17(10-8-16)22(25)24-13-11-19-18-5-3-4-6-20(18)23-21(19)12-14-24/h3-10,15,23H,11-14H2,1-2H3. The summed E-state index contributed by atoms with van der Waals surface area (Å²) in [6.07, 6.45) is 1.80. The van der Waals surface area contributed by atoms with Gasteiger partial charge in [0.05, 0.1) is 0 Å². The molecule has 0 fully saturated rings. The number of nitrogens with zero attached hydrogens (tertiary/aromatic N) is 1. The number of para-hydroxylation sites is 1. The van der Waals surface area contributed by atoms with Crippen LogP contribution < -0.4 is 0 Å². The second-order valence-electron chi connectivity index (χ2n) is 7.20. The molecule has 2 heterocycles. The van der Waals surface area contributed by atoms with Crippen LogP contribution in [0.1, 0.15) is 46.9 Å². The number of H-pyrrole nitrogens is 1. The fourth-order valence-corrected chi connectivity index (χ4v) is 3.76. The zero-order chi connectivity index (χ0) is 17.4. The van der Waals surface area contributed by atoms with Crippen LogP contribution in [-0.2, 0) is 12.8 Å². The van der Waals surface area contributed by atoms with Crippen LogP contribution in [-0.4, -0.2) is 28.9 Å². The van der Waals surface area contributed by atoms with E-state index in [1.54, 1.807) is 0 Å². The van der Waals surface area contributed by atoms with Crippen LogP contribution in [0, 0.1) is 0 Å². The van der Waals surface area contributed by atoms with E-state index in [0.29, 0.717) is 5.92 Å². The van der Waals surface area contributed by atoms with E-state index >= 15 is 0 Å². The lowest BCUT2D eigenvalue weighted by Crippen LogP contribution is -2.33. The first kappa shape index (κ1) is 15.9. The molecule has 0 radical (unpaired) electrons. The molecule has 128 valence electrons. The van der Waals surface area contributed by atoms with E-state index in [1.165, 1.54) is 27.7 Å². The molecule has 0 atom stereocenters. The monoisotopic (exact) mass is 332 g/mol. The number of amides is 1. The van der Waals surface area contributed by atoms with Crippen molar-refractivity contribution in [3.63, 3.8) is 0 Å². The summed E-state index contributed by atoms with van der Waals surface area (Å²) in [5.74, 6) is 0.630. The lowest BCUT2D eigenvalue weighted by Gasteiger charge is -2.20. The third-order valence-corrected chi connectivity index (χ3v) is 5.28. The maximum absolute atomic E-state index is 12.9. The van der Waals surface area contributed by atoms with Gasteiger partial charge in [0.15, 0.2) is 0 Å². The zero-order valence-corrected chi connectivity index (χ0v) is 14.9. The van der Waals surface area contributed by atoms with E-state index in [0.717, 1.165) is 31.5 Å². The average Bonchev–Trinajstić information content (AvgIpc) is 2.85. The lowest BCUT2D eigenvalue weighted by atomic mass is 10.0. The zero-order valence-electron chi connectivity index (χ0n) is 14.9. The second-order valence-corrected chi connectivity index (χ2v) is 7.20. The maximum Gasteiger partial charge on any atom is 0.253 e. The summed E-state index contributed by atoms with van der Waals surface area (Å²) in [6.45, 7) is 5.89. The largest absolute Gasteiger partial charge is 0.358 e. The second kappa shape index (κ2) is 6.40. The van der Waals surface area contributed by atoms with Crippen LogP contribution in [0.4, 0.5) is 0 Å². The summed E-state index contributed by atoms with van der Waals surface area (Å²) >= 11 is 0. The van der Waals surface area contributed by atoms with Gasteiger partial charge in [0.25, 0.3) is 5.91 Å². The number of benzene rings is 2. The quantitative estimate of drug-likeness (QED) is 0.735. The lowest BCUT2D eigenvalue weighted by molar-refractivity contribution is 0.0763. The Morgan fingerprint density at radius 2 is 1.72 bits per heavy atom. The first-order valence-corrected chi connectivity index (χ1v) is 9.11. The molecule has 25 heavy (non-hydrogen) atoms. The summed E-state index contributed by atoms with van der Waals surface area (Å²) in [7, 11) is 0. The fourth-order valence-electron chi connectivity index (χ4n) is 3.76. The van der Waals surface area contributed by atoms with Crippen molar-refractivity contribution < 1.29 is 4.79 Å². The number of hydrogen-bond donors (Lipinski definition) is 1. The van der Waals surface area contributed by atoms with Gasteiger partial charge in [-0.1, -0.05) is 44.2 Å². The third-order valence-electron chi connectivity index (χ3n) is 5.28. The van der Waals surface area contributed by atoms with Crippen LogP contribution in [0.15, 0.2) is 48.5 Å². The molecule has 0 bridgehead atoms. The normalized spacial score (nSPS) is 14.6.